The lowest BCUT2D eigenvalue weighted by molar-refractivity contribution is -0.118. The Balaban J connectivity index is 2.53. The topological polar surface area (TPSA) is 46.6 Å². The molecule has 0 spiro atoms. The molecule has 4 nitrogen and oxygen atoms in total. The molecule has 1 unspecified atom stereocenters. The molecule has 1 amide bonds. The van der Waals surface area contributed by atoms with Gasteiger partial charge in [0.1, 0.15) is 11.4 Å². The lowest BCUT2D eigenvalue weighted by atomic mass is 10.1. The van der Waals surface area contributed by atoms with E-state index in [0.29, 0.717) is 19.5 Å². The minimum atomic E-state index is -0.482. The normalized spacial score (nSPS) is 20.7. The second-order valence-electron chi connectivity index (χ2n) is 5.50. The molecule has 0 radical (unpaired) electrons. The molecule has 0 saturated carbocycles. The molecule has 1 fully saturated rings. The number of carbonyl (C=O) groups is 2. The second kappa shape index (κ2) is 6.45. The van der Waals surface area contributed by atoms with E-state index < -0.39 is 5.60 Å². The largest absolute Gasteiger partial charge is 0.444 e. The van der Waals surface area contributed by atoms with Crippen LogP contribution in [0.25, 0.3) is 0 Å². The van der Waals surface area contributed by atoms with E-state index >= 15 is 0 Å². The van der Waals surface area contributed by atoms with Crippen LogP contribution in [-0.2, 0) is 9.53 Å². The van der Waals surface area contributed by atoms with E-state index in [2.05, 4.69) is 0 Å². The summed E-state index contributed by atoms with van der Waals surface area (Å²) in [6, 6.07) is 0. The molecule has 0 bridgehead atoms. The lowest BCUT2D eigenvalue weighted by Gasteiger charge is -2.33. The average Bonchev–Trinajstić information content (AvgIpc) is 2.27. The minimum Gasteiger partial charge on any atom is -0.444 e. The smallest absolute Gasteiger partial charge is 0.410 e. The molecule has 1 heterocycles. The number of ketones is 1. The summed E-state index contributed by atoms with van der Waals surface area (Å²) in [5.74, 6) is 1.05. The standard InChI is InChI=1S/C13H23NO3S/c1-5-6-10(15)11-9-14(7-8-18-11)12(16)17-13(2,3)4/h11H,5-9H2,1-4H3. The Kier molecular flexibility index (Phi) is 5.50. The Bertz CT molecular complexity index is 312. The molecule has 0 aromatic heterocycles. The van der Waals surface area contributed by atoms with Gasteiger partial charge in [0.05, 0.1) is 5.25 Å². The van der Waals surface area contributed by atoms with Crippen LogP contribution < -0.4 is 0 Å². The van der Waals surface area contributed by atoms with Crippen molar-refractivity contribution < 1.29 is 14.3 Å². The number of thioether (sulfide) groups is 1. The third-order valence-electron chi connectivity index (χ3n) is 2.57. The summed E-state index contributed by atoms with van der Waals surface area (Å²) in [4.78, 5) is 25.4. The van der Waals surface area contributed by atoms with Crippen LogP contribution in [0, 0.1) is 0 Å². The van der Waals surface area contributed by atoms with Crippen LogP contribution in [0.1, 0.15) is 40.5 Å². The Hall–Kier alpha value is -0.710. The Morgan fingerprint density at radius 1 is 1.39 bits per heavy atom. The third-order valence-corrected chi connectivity index (χ3v) is 3.81. The van der Waals surface area contributed by atoms with Crippen LogP contribution in [0.15, 0.2) is 0 Å². The van der Waals surface area contributed by atoms with Crippen molar-refractivity contribution in [2.24, 2.45) is 0 Å². The highest BCUT2D eigenvalue weighted by Gasteiger charge is 2.30. The number of nitrogens with zero attached hydrogens (tertiary/aromatic N) is 1. The van der Waals surface area contributed by atoms with E-state index in [0.717, 1.165) is 12.2 Å². The van der Waals surface area contributed by atoms with E-state index in [4.69, 9.17) is 4.74 Å². The Morgan fingerprint density at radius 2 is 2.06 bits per heavy atom. The van der Waals surface area contributed by atoms with Gasteiger partial charge in [-0.05, 0) is 27.2 Å². The molecule has 1 atom stereocenters. The van der Waals surface area contributed by atoms with Crippen LogP contribution in [0.3, 0.4) is 0 Å². The second-order valence-corrected chi connectivity index (χ2v) is 6.81. The van der Waals surface area contributed by atoms with E-state index in [1.165, 1.54) is 0 Å². The number of amides is 1. The highest BCUT2D eigenvalue weighted by molar-refractivity contribution is 8.00. The van der Waals surface area contributed by atoms with Gasteiger partial charge in [-0.15, -0.1) is 11.8 Å². The SMILES string of the molecule is CCCC(=O)C1CN(C(=O)OC(C)(C)C)CCS1. The van der Waals surface area contributed by atoms with Gasteiger partial charge >= 0.3 is 6.09 Å². The highest BCUT2D eigenvalue weighted by Crippen LogP contribution is 2.22. The van der Waals surface area contributed by atoms with Crippen LogP contribution in [-0.4, -0.2) is 46.5 Å². The minimum absolute atomic E-state index is 0.0776. The maximum atomic E-state index is 11.9. The molecular weight excluding hydrogens is 250 g/mol. The van der Waals surface area contributed by atoms with Crippen molar-refractivity contribution in [3.05, 3.63) is 0 Å². The zero-order valence-electron chi connectivity index (χ0n) is 11.7. The van der Waals surface area contributed by atoms with Gasteiger partial charge in [-0.3, -0.25) is 4.79 Å². The first-order valence-electron chi connectivity index (χ1n) is 6.45. The fourth-order valence-electron chi connectivity index (χ4n) is 1.74. The van der Waals surface area contributed by atoms with Gasteiger partial charge in [0.2, 0.25) is 0 Å². The molecule has 0 aliphatic carbocycles. The first kappa shape index (κ1) is 15.3. The van der Waals surface area contributed by atoms with Gasteiger partial charge in [0.15, 0.2) is 0 Å². The summed E-state index contributed by atoms with van der Waals surface area (Å²) < 4.78 is 5.33. The number of rotatable bonds is 3. The number of Topliss-reactive ketones (excluding diaryl/α,β-unsaturated/α-hetero) is 1. The molecule has 1 saturated heterocycles. The molecular formula is C13H23NO3S. The van der Waals surface area contributed by atoms with E-state index in [-0.39, 0.29) is 17.1 Å². The molecule has 0 aromatic rings. The van der Waals surface area contributed by atoms with Gasteiger partial charge in [-0.2, -0.15) is 0 Å². The Morgan fingerprint density at radius 3 is 2.61 bits per heavy atom. The molecule has 5 heteroatoms. The van der Waals surface area contributed by atoms with E-state index in [1.54, 1.807) is 16.7 Å². The zero-order chi connectivity index (χ0) is 13.8. The van der Waals surface area contributed by atoms with Crippen LogP contribution >= 0.6 is 11.8 Å². The monoisotopic (exact) mass is 273 g/mol. The van der Waals surface area contributed by atoms with Gasteiger partial charge < -0.3 is 9.64 Å². The molecule has 0 N–H and O–H groups in total. The molecule has 1 rings (SSSR count). The van der Waals surface area contributed by atoms with Gasteiger partial charge in [-0.1, -0.05) is 6.92 Å². The summed E-state index contributed by atoms with van der Waals surface area (Å²) >= 11 is 1.65. The van der Waals surface area contributed by atoms with Gasteiger partial charge in [0.25, 0.3) is 0 Å². The van der Waals surface area contributed by atoms with Crippen molar-refractivity contribution in [1.82, 2.24) is 4.90 Å². The lowest BCUT2D eigenvalue weighted by Crippen LogP contribution is -2.46. The van der Waals surface area contributed by atoms with Crippen LogP contribution in [0.2, 0.25) is 0 Å². The van der Waals surface area contributed by atoms with Crippen molar-refractivity contribution in [3.8, 4) is 0 Å². The zero-order valence-corrected chi connectivity index (χ0v) is 12.5. The van der Waals surface area contributed by atoms with Crippen molar-refractivity contribution in [3.63, 3.8) is 0 Å². The fourth-order valence-corrected chi connectivity index (χ4v) is 2.94. The van der Waals surface area contributed by atoms with E-state index in [9.17, 15) is 9.59 Å². The summed E-state index contributed by atoms with van der Waals surface area (Å²) in [6.07, 6.45) is 1.15. The molecule has 104 valence electrons. The third kappa shape index (κ3) is 4.88. The van der Waals surface area contributed by atoms with Crippen LogP contribution in [0.5, 0.6) is 0 Å². The summed E-state index contributed by atoms with van der Waals surface area (Å²) in [5, 5.41) is -0.0776. The first-order valence-corrected chi connectivity index (χ1v) is 7.50. The number of hydrogen-bond acceptors (Lipinski definition) is 4. The maximum absolute atomic E-state index is 11.9. The molecule has 1 aliphatic heterocycles. The summed E-state index contributed by atoms with van der Waals surface area (Å²) in [7, 11) is 0. The molecule has 0 aromatic carbocycles. The quantitative estimate of drug-likeness (QED) is 0.793. The van der Waals surface area contributed by atoms with Crippen molar-refractivity contribution in [2.75, 3.05) is 18.8 Å². The predicted octanol–water partition coefficient (Wildman–Crippen LogP) is 2.71. The number of carbonyl (C=O) groups excluding carboxylic acids is 2. The summed E-state index contributed by atoms with van der Waals surface area (Å²) in [6.45, 7) is 8.70. The Labute approximate surface area is 113 Å². The summed E-state index contributed by atoms with van der Waals surface area (Å²) in [5.41, 5.74) is -0.482. The average molecular weight is 273 g/mol. The number of ether oxygens (including phenoxy) is 1. The van der Waals surface area contributed by atoms with Crippen molar-refractivity contribution in [2.45, 2.75) is 51.4 Å². The van der Waals surface area contributed by atoms with Gasteiger partial charge in [-0.25, -0.2) is 4.79 Å². The van der Waals surface area contributed by atoms with Gasteiger partial charge in [0, 0.05) is 25.3 Å². The maximum Gasteiger partial charge on any atom is 0.410 e. The first-order chi connectivity index (χ1) is 8.33. The molecule has 1 aliphatic rings. The molecule has 18 heavy (non-hydrogen) atoms. The number of hydrogen-bond donors (Lipinski definition) is 0. The predicted molar refractivity (Wildman–Crippen MR) is 74.0 cm³/mol. The highest BCUT2D eigenvalue weighted by atomic mass is 32.2. The van der Waals surface area contributed by atoms with Crippen molar-refractivity contribution >= 4 is 23.6 Å². The van der Waals surface area contributed by atoms with Crippen LogP contribution in [0.4, 0.5) is 4.79 Å². The van der Waals surface area contributed by atoms with Crippen molar-refractivity contribution in [1.29, 1.82) is 0 Å². The fraction of sp³-hybridized carbons (Fsp3) is 0.846. The van der Waals surface area contributed by atoms with E-state index in [1.807, 2.05) is 27.7 Å².